The number of hydrogen-bond acceptors (Lipinski definition) is 7. The number of alkyl halides is 2. The SMILES string of the molecule is Cc1cc(-n2c(C)cc(C(=O)COC(=O)c3ccc(S(=O)(=O)C(F)F)cc3)c2C)no1. The highest BCUT2D eigenvalue weighted by molar-refractivity contribution is 7.91. The fraction of sp³-hybridized carbons (Fsp3) is 0.250. The smallest absolute Gasteiger partial charge is 0.341 e. The van der Waals surface area contributed by atoms with Crippen LogP contribution in [0.4, 0.5) is 8.78 Å². The summed E-state index contributed by atoms with van der Waals surface area (Å²) < 4.78 is 59.8. The zero-order valence-electron chi connectivity index (χ0n) is 16.8. The molecule has 0 aliphatic carbocycles. The predicted molar refractivity (Wildman–Crippen MR) is 104 cm³/mol. The van der Waals surface area contributed by atoms with Gasteiger partial charge in [-0.25, -0.2) is 13.2 Å². The van der Waals surface area contributed by atoms with E-state index in [1.165, 1.54) is 0 Å². The lowest BCUT2D eigenvalue weighted by molar-refractivity contribution is 0.0474. The number of sulfone groups is 1. The van der Waals surface area contributed by atoms with E-state index in [2.05, 4.69) is 5.16 Å². The molecule has 0 saturated heterocycles. The Kier molecular flexibility index (Phi) is 6.07. The fourth-order valence-corrected chi connectivity index (χ4v) is 3.75. The topological polar surface area (TPSA) is 108 Å². The first-order valence-electron chi connectivity index (χ1n) is 8.97. The summed E-state index contributed by atoms with van der Waals surface area (Å²) in [6.45, 7) is 4.69. The Balaban J connectivity index is 1.71. The van der Waals surface area contributed by atoms with Crippen LogP contribution in [0, 0.1) is 20.8 Å². The van der Waals surface area contributed by atoms with E-state index in [0.717, 1.165) is 30.0 Å². The zero-order valence-corrected chi connectivity index (χ0v) is 17.6. The van der Waals surface area contributed by atoms with Crippen LogP contribution in [0.15, 0.2) is 45.8 Å². The molecule has 8 nitrogen and oxygen atoms in total. The lowest BCUT2D eigenvalue weighted by atomic mass is 10.1. The minimum atomic E-state index is -4.76. The first kappa shape index (κ1) is 22.3. The van der Waals surface area contributed by atoms with Crippen LogP contribution in [0.3, 0.4) is 0 Å². The molecule has 0 saturated carbocycles. The zero-order chi connectivity index (χ0) is 22.9. The van der Waals surface area contributed by atoms with Gasteiger partial charge in [0.1, 0.15) is 5.76 Å². The van der Waals surface area contributed by atoms with Crippen molar-refractivity contribution in [3.05, 3.63) is 64.7 Å². The van der Waals surface area contributed by atoms with Crippen LogP contribution in [0.5, 0.6) is 0 Å². The van der Waals surface area contributed by atoms with E-state index in [-0.39, 0.29) is 5.56 Å². The number of carbonyl (C=O) groups is 2. The van der Waals surface area contributed by atoms with Gasteiger partial charge in [0.25, 0.3) is 0 Å². The minimum Gasteiger partial charge on any atom is -0.454 e. The third-order valence-corrected chi connectivity index (χ3v) is 5.96. The minimum absolute atomic E-state index is 0.0791. The van der Waals surface area contributed by atoms with Crippen LogP contribution in [0.2, 0.25) is 0 Å². The third-order valence-electron chi connectivity index (χ3n) is 4.56. The Morgan fingerprint density at radius 1 is 1.13 bits per heavy atom. The van der Waals surface area contributed by atoms with Gasteiger partial charge in [-0.05, 0) is 51.1 Å². The number of aromatic nitrogens is 2. The molecule has 0 amide bonds. The van der Waals surface area contributed by atoms with E-state index in [1.54, 1.807) is 37.5 Å². The standard InChI is InChI=1S/C20H18F2N2O6S/c1-11-8-16(13(3)24(11)18-9-12(2)30-23-18)17(25)10-29-19(26)14-4-6-15(7-5-14)31(27,28)20(21)22/h4-9,20H,10H2,1-3H3. The number of hydrogen-bond donors (Lipinski definition) is 0. The molecule has 3 aromatic rings. The summed E-state index contributed by atoms with van der Waals surface area (Å²) in [6.07, 6.45) is 0. The predicted octanol–water partition coefficient (Wildman–Crippen LogP) is 3.43. The molecule has 0 aliphatic rings. The van der Waals surface area contributed by atoms with Gasteiger partial charge in [-0.3, -0.25) is 9.36 Å². The van der Waals surface area contributed by atoms with Crippen molar-refractivity contribution in [1.82, 2.24) is 9.72 Å². The average molecular weight is 452 g/mol. The van der Waals surface area contributed by atoms with Crippen molar-refractivity contribution in [3.8, 4) is 5.82 Å². The van der Waals surface area contributed by atoms with Gasteiger partial charge in [-0.2, -0.15) is 8.78 Å². The number of halogens is 2. The van der Waals surface area contributed by atoms with Crippen LogP contribution in [0.25, 0.3) is 5.82 Å². The molecule has 0 aliphatic heterocycles. The van der Waals surface area contributed by atoms with Gasteiger partial charge >= 0.3 is 11.7 Å². The van der Waals surface area contributed by atoms with Crippen molar-refractivity contribution in [2.75, 3.05) is 6.61 Å². The lowest BCUT2D eigenvalue weighted by Gasteiger charge is -2.07. The number of ether oxygens (including phenoxy) is 1. The van der Waals surface area contributed by atoms with Crippen molar-refractivity contribution in [1.29, 1.82) is 0 Å². The Morgan fingerprint density at radius 2 is 1.77 bits per heavy atom. The van der Waals surface area contributed by atoms with E-state index in [0.29, 0.717) is 22.8 Å². The maximum Gasteiger partial charge on any atom is 0.341 e. The quantitative estimate of drug-likeness (QED) is 0.399. The van der Waals surface area contributed by atoms with Gasteiger partial charge in [0.05, 0.1) is 10.5 Å². The molecule has 31 heavy (non-hydrogen) atoms. The molecule has 0 spiro atoms. The fourth-order valence-electron chi connectivity index (χ4n) is 3.03. The van der Waals surface area contributed by atoms with Crippen LogP contribution in [-0.4, -0.2) is 42.3 Å². The molecule has 0 atom stereocenters. The number of rotatable bonds is 7. The molecule has 0 N–H and O–H groups in total. The highest BCUT2D eigenvalue weighted by atomic mass is 32.2. The summed E-state index contributed by atoms with van der Waals surface area (Å²) >= 11 is 0. The first-order chi connectivity index (χ1) is 14.5. The summed E-state index contributed by atoms with van der Waals surface area (Å²) in [6, 6.07) is 7.20. The van der Waals surface area contributed by atoms with Gasteiger partial charge in [-0.1, -0.05) is 5.16 Å². The molecular formula is C20H18F2N2O6S. The molecular weight excluding hydrogens is 434 g/mol. The summed E-state index contributed by atoms with van der Waals surface area (Å²) in [7, 11) is -4.76. The third kappa shape index (κ3) is 4.41. The van der Waals surface area contributed by atoms with Crippen LogP contribution in [-0.2, 0) is 14.6 Å². The first-order valence-corrected chi connectivity index (χ1v) is 10.5. The second-order valence-corrected chi connectivity index (χ2v) is 8.66. The number of aryl methyl sites for hydroxylation is 2. The Labute approximate surface area is 176 Å². The highest BCUT2D eigenvalue weighted by Crippen LogP contribution is 2.22. The lowest BCUT2D eigenvalue weighted by Crippen LogP contribution is -2.15. The summed E-state index contributed by atoms with van der Waals surface area (Å²) in [5.41, 5.74) is 1.58. The van der Waals surface area contributed by atoms with Gasteiger partial charge in [-0.15, -0.1) is 0 Å². The van der Waals surface area contributed by atoms with E-state index < -0.39 is 38.8 Å². The Bertz CT molecular complexity index is 1240. The second-order valence-electron chi connectivity index (χ2n) is 6.75. The summed E-state index contributed by atoms with van der Waals surface area (Å²) in [5, 5.41) is 3.93. The Hall–Kier alpha value is -3.34. The van der Waals surface area contributed by atoms with Crippen LogP contribution in [0.1, 0.15) is 37.9 Å². The maximum atomic E-state index is 12.6. The van der Waals surface area contributed by atoms with E-state index in [4.69, 9.17) is 9.26 Å². The maximum absolute atomic E-state index is 12.6. The van der Waals surface area contributed by atoms with Gasteiger partial charge < -0.3 is 9.26 Å². The van der Waals surface area contributed by atoms with Gasteiger partial charge in [0.15, 0.2) is 12.4 Å². The largest absolute Gasteiger partial charge is 0.454 e. The summed E-state index contributed by atoms with van der Waals surface area (Å²) in [4.78, 5) is 24.1. The molecule has 0 radical (unpaired) electrons. The molecule has 164 valence electrons. The molecule has 11 heteroatoms. The Morgan fingerprint density at radius 3 is 2.32 bits per heavy atom. The highest BCUT2D eigenvalue weighted by Gasteiger charge is 2.27. The second kappa shape index (κ2) is 8.42. The average Bonchev–Trinajstić information content (AvgIpc) is 3.27. The molecule has 0 fully saturated rings. The number of carbonyl (C=O) groups excluding carboxylic acids is 2. The number of ketones is 1. The molecule has 1 aromatic carbocycles. The van der Waals surface area contributed by atoms with Crippen molar-refractivity contribution in [3.63, 3.8) is 0 Å². The number of benzene rings is 1. The van der Waals surface area contributed by atoms with Crippen molar-refractivity contribution in [2.45, 2.75) is 31.4 Å². The molecule has 0 bridgehead atoms. The van der Waals surface area contributed by atoms with Crippen LogP contribution >= 0.6 is 0 Å². The molecule has 2 aromatic heterocycles. The van der Waals surface area contributed by atoms with E-state index >= 15 is 0 Å². The normalized spacial score (nSPS) is 11.7. The summed E-state index contributed by atoms with van der Waals surface area (Å²) in [5.74, 6) is -3.79. The number of esters is 1. The van der Waals surface area contributed by atoms with Gasteiger partial charge in [0.2, 0.25) is 15.6 Å². The monoisotopic (exact) mass is 452 g/mol. The number of Topliss-reactive ketones (excluding diaryl/α,β-unsaturated/α-hetero) is 1. The van der Waals surface area contributed by atoms with Crippen molar-refractivity contribution >= 4 is 21.6 Å². The molecule has 2 heterocycles. The molecule has 0 unspecified atom stereocenters. The molecule has 3 rings (SSSR count). The number of nitrogens with zero attached hydrogens (tertiary/aromatic N) is 2. The van der Waals surface area contributed by atoms with Crippen molar-refractivity contribution in [2.24, 2.45) is 0 Å². The van der Waals surface area contributed by atoms with E-state index in [1.807, 2.05) is 0 Å². The van der Waals surface area contributed by atoms with Gasteiger partial charge in [0, 0.05) is 23.0 Å². The van der Waals surface area contributed by atoms with E-state index in [9.17, 15) is 26.8 Å². The van der Waals surface area contributed by atoms with Crippen LogP contribution < -0.4 is 0 Å². The van der Waals surface area contributed by atoms with Crippen molar-refractivity contribution < 1.29 is 36.0 Å².